The van der Waals surface area contributed by atoms with Gasteiger partial charge in [0.15, 0.2) is 0 Å². The molecule has 0 spiro atoms. The average Bonchev–Trinajstić information content (AvgIpc) is 2.85. The van der Waals surface area contributed by atoms with Crippen LogP contribution in [0.1, 0.15) is 35.6 Å². The summed E-state index contributed by atoms with van der Waals surface area (Å²) >= 11 is 0. The number of carboxylic acids is 1. The zero-order valence-electron chi connectivity index (χ0n) is 10.4. The molecule has 0 unspecified atom stereocenters. The molecule has 6 nitrogen and oxygen atoms in total. The fourth-order valence-electron chi connectivity index (χ4n) is 1.37. The van der Waals surface area contributed by atoms with E-state index >= 15 is 0 Å². The summed E-state index contributed by atoms with van der Waals surface area (Å²) in [6, 6.07) is 2.53. The van der Waals surface area contributed by atoms with Crippen LogP contribution < -0.4 is 10.6 Å². The molecular formula is C13H16N2O4. The highest BCUT2D eigenvalue weighted by molar-refractivity contribution is 5.84. The Balaban J connectivity index is 2.19. The molecule has 0 atom stereocenters. The van der Waals surface area contributed by atoms with E-state index in [-0.39, 0.29) is 18.3 Å². The topological polar surface area (TPSA) is 91.6 Å². The summed E-state index contributed by atoms with van der Waals surface area (Å²) in [6.07, 6.45) is 7.50. The van der Waals surface area contributed by atoms with Gasteiger partial charge in [-0.3, -0.25) is 0 Å². The van der Waals surface area contributed by atoms with E-state index in [2.05, 4.69) is 16.6 Å². The summed E-state index contributed by atoms with van der Waals surface area (Å²) in [6.45, 7) is 0.690. The lowest BCUT2D eigenvalue weighted by Crippen LogP contribution is -2.35. The molecule has 1 rings (SSSR count). The highest BCUT2D eigenvalue weighted by Crippen LogP contribution is 2.07. The minimum absolute atomic E-state index is 0.142. The van der Waals surface area contributed by atoms with Crippen molar-refractivity contribution in [2.75, 3.05) is 6.54 Å². The fourth-order valence-corrected chi connectivity index (χ4v) is 1.37. The number of terminal acetylenes is 1. The molecule has 0 saturated heterocycles. The molecule has 0 aliphatic carbocycles. The molecule has 0 fully saturated rings. The van der Waals surface area contributed by atoms with Gasteiger partial charge in [-0.2, -0.15) is 0 Å². The van der Waals surface area contributed by atoms with Crippen molar-refractivity contribution < 1.29 is 19.1 Å². The van der Waals surface area contributed by atoms with Crippen LogP contribution in [-0.4, -0.2) is 23.7 Å². The van der Waals surface area contributed by atoms with E-state index < -0.39 is 5.97 Å². The number of furan rings is 1. The van der Waals surface area contributed by atoms with E-state index in [4.69, 9.17) is 15.9 Å². The molecule has 0 aliphatic heterocycles. The number of amides is 2. The molecule has 0 aliphatic rings. The molecule has 6 heteroatoms. The molecule has 1 aromatic rings. The first-order valence-corrected chi connectivity index (χ1v) is 5.90. The number of aromatic carboxylic acids is 1. The third-order valence-corrected chi connectivity index (χ3v) is 2.33. The van der Waals surface area contributed by atoms with Crippen LogP contribution in [0.15, 0.2) is 16.5 Å². The average molecular weight is 264 g/mol. The summed E-state index contributed by atoms with van der Waals surface area (Å²) in [4.78, 5) is 21.9. The lowest BCUT2D eigenvalue weighted by atomic mass is 10.2. The first kappa shape index (κ1) is 14.6. The third-order valence-electron chi connectivity index (χ3n) is 2.33. The summed E-state index contributed by atoms with van der Waals surface area (Å²) in [5.74, 6) is 1.63. The van der Waals surface area contributed by atoms with Crippen molar-refractivity contribution in [1.82, 2.24) is 10.6 Å². The normalized spacial score (nSPS) is 9.63. The molecule has 1 aromatic heterocycles. The molecule has 102 valence electrons. The van der Waals surface area contributed by atoms with Crippen LogP contribution in [0.4, 0.5) is 4.79 Å². The van der Waals surface area contributed by atoms with Gasteiger partial charge in [-0.15, -0.1) is 12.3 Å². The van der Waals surface area contributed by atoms with Gasteiger partial charge in [0, 0.05) is 13.0 Å². The van der Waals surface area contributed by atoms with Gasteiger partial charge < -0.3 is 20.2 Å². The van der Waals surface area contributed by atoms with Crippen LogP contribution in [0.5, 0.6) is 0 Å². The molecule has 0 radical (unpaired) electrons. The second-order valence-electron chi connectivity index (χ2n) is 3.84. The maximum absolute atomic E-state index is 11.4. The van der Waals surface area contributed by atoms with E-state index in [0.717, 1.165) is 12.8 Å². The van der Waals surface area contributed by atoms with E-state index in [0.29, 0.717) is 18.7 Å². The molecular weight excluding hydrogens is 248 g/mol. The van der Waals surface area contributed by atoms with Crippen LogP contribution in [0.3, 0.4) is 0 Å². The summed E-state index contributed by atoms with van der Waals surface area (Å²) in [7, 11) is 0. The Bertz CT molecular complexity index is 473. The number of rotatable bonds is 7. The van der Waals surface area contributed by atoms with Gasteiger partial charge in [-0.05, 0) is 25.0 Å². The highest BCUT2D eigenvalue weighted by Gasteiger charge is 2.09. The van der Waals surface area contributed by atoms with Crippen molar-refractivity contribution in [2.24, 2.45) is 0 Å². The number of unbranched alkanes of at least 4 members (excludes halogenated alkanes) is 2. The first-order valence-electron chi connectivity index (χ1n) is 5.90. The van der Waals surface area contributed by atoms with Crippen LogP contribution in [0.2, 0.25) is 0 Å². The van der Waals surface area contributed by atoms with Crippen molar-refractivity contribution >= 4 is 12.0 Å². The van der Waals surface area contributed by atoms with E-state index in [1.54, 1.807) is 0 Å². The number of carbonyl (C=O) groups is 2. The standard InChI is InChI=1S/C13H16N2O4/c1-2-3-4-5-8-14-13(18)15-9-10-6-7-11(19-10)12(16)17/h1,6-7H,3-5,8-9H2,(H,16,17)(H2,14,15,18). The summed E-state index contributed by atoms with van der Waals surface area (Å²) in [5, 5.41) is 13.9. The van der Waals surface area contributed by atoms with Gasteiger partial charge in [-0.25, -0.2) is 9.59 Å². The Morgan fingerprint density at radius 2 is 2.11 bits per heavy atom. The Hall–Kier alpha value is -2.42. The van der Waals surface area contributed by atoms with Gasteiger partial charge in [0.25, 0.3) is 0 Å². The zero-order valence-corrected chi connectivity index (χ0v) is 10.4. The molecule has 2 amide bonds. The molecule has 1 heterocycles. The van der Waals surface area contributed by atoms with Crippen molar-refractivity contribution in [1.29, 1.82) is 0 Å². The number of carbonyl (C=O) groups excluding carboxylic acids is 1. The number of carboxylic acid groups (broad SMARTS) is 1. The molecule has 3 N–H and O–H groups in total. The van der Waals surface area contributed by atoms with Gasteiger partial charge >= 0.3 is 12.0 Å². The van der Waals surface area contributed by atoms with Crippen LogP contribution in [0, 0.1) is 12.3 Å². The van der Waals surface area contributed by atoms with Crippen LogP contribution >= 0.6 is 0 Å². The van der Waals surface area contributed by atoms with Crippen LogP contribution in [0.25, 0.3) is 0 Å². The van der Waals surface area contributed by atoms with Crippen molar-refractivity contribution in [2.45, 2.75) is 25.8 Å². The molecule has 0 bridgehead atoms. The predicted molar refractivity (Wildman–Crippen MR) is 68.6 cm³/mol. The maximum Gasteiger partial charge on any atom is 0.371 e. The number of hydrogen-bond donors (Lipinski definition) is 3. The van der Waals surface area contributed by atoms with Crippen molar-refractivity contribution in [3.63, 3.8) is 0 Å². The highest BCUT2D eigenvalue weighted by atomic mass is 16.4. The lowest BCUT2D eigenvalue weighted by Gasteiger charge is -2.05. The fraction of sp³-hybridized carbons (Fsp3) is 0.385. The van der Waals surface area contributed by atoms with Gasteiger partial charge in [0.05, 0.1) is 6.54 Å². The maximum atomic E-state index is 11.4. The van der Waals surface area contributed by atoms with E-state index in [1.807, 2.05) is 0 Å². The van der Waals surface area contributed by atoms with Gasteiger partial charge in [-0.1, -0.05) is 0 Å². The summed E-state index contributed by atoms with van der Waals surface area (Å²) < 4.78 is 4.99. The zero-order chi connectivity index (χ0) is 14.1. The minimum Gasteiger partial charge on any atom is -0.475 e. The van der Waals surface area contributed by atoms with Gasteiger partial charge in [0.2, 0.25) is 5.76 Å². The van der Waals surface area contributed by atoms with Crippen molar-refractivity contribution in [3.8, 4) is 12.3 Å². The lowest BCUT2D eigenvalue weighted by molar-refractivity contribution is 0.0660. The SMILES string of the molecule is C#CCCCCNC(=O)NCc1ccc(C(=O)O)o1. The Labute approximate surface area is 111 Å². The number of nitrogens with one attached hydrogen (secondary N) is 2. The second-order valence-corrected chi connectivity index (χ2v) is 3.84. The molecule has 0 aromatic carbocycles. The second kappa shape index (κ2) is 7.82. The Kier molecular flexibility index (Phi) is 6.03. The van der Waals surface area contributed by atoms with Gasteiger partial charge in [0.1, 0.15) is 5.76 Å². The van der Waals surface area contributed by atoms with E-state index in [1.165, 1.54) is 12.1 Å². The predicted octanol–water partition coefficient (Wildman–Crippen LogP) is 1.58. The number of hydrogen-bond acceptors (Lipinski definition) is 3. The largest absolute Gasteiger partial charge is 0.475 e. The van der Waals surface area contributed by atoms with Crippen LogP contribution in [-0.2, 0) is 6.54 Å². The molecule has 19 heavy (non-hydrogen) atoms. The van der Waals surface area contributed by atoms with E-state index in [9.17, 15) is 9.59 Å². The quantitative estimate of drug-likeness (QED) is 0.515. The summed E-state index contributed by atoms with van der Waals surface area (Å²) in [5.41, 5.74) is 0. The monoisotopic (exact) mass is 264 g/mol. The first-order chi connectivity index (χ1) is 9.13. The smallest absolute Gasteiger partial charge is 0.371 e. The number of urea groups is 1. The molecule has 0 saturated carbocycles. The Morgan fingerprint density at radius 1 is 1.32 bits per heavy atom. The van der Waals surface area contributed by atoms with Crippen molar-refractivity contribution in [3.05, 3.63) is 23.7 Å². The minimum atomic E-state index is -1.13. The Morgan fingerprint density at radius 3 is 2.74 bits per heavy atom. The third kappa shape index (κ3) is 5.64.